The van der Waals surface area contributed by atoms with Gasteiger partial charge in [0.05, 0.1) is 11.8 Å². The molecule has 1 aliphatic carbocycles. The summed E-state index contributed by atoms with van der Waals surface area (Å²) in [6.45, 7) is 6.00. The van der Waals surface area contributed by atoms with Crippen LogP contribution in [0, 0.1) is 11.8 Å². The van der Waals surface area contributed by atoms with Crippen LogP contribution in [0.25, 0.3) is 0 Å². The van der Waals surface area contributed by atoms with Crippen molar-refractivity contribution in [1.82, 2.24) is 5.43 Å². The number of carbonyl (C=O) groups is 1. The number of allylic oxidation sites excluding steroid dienone is 2. The number of hydrogen-bond donors (Lipinski definition) is 2. The molecule has 3 atom stereocenters. The molecule has 0 spiro atoms. The summed E-state index contributed by atoms with van der Waals surface area (Å²) in [5.41, 5.74) is 8.41. The van der Waals surface area contributed by atoms with Crippen LogP contribution in [0.5, 0.6) is 0 Å². The Kier molecular flexibility index (Phi) is 5.52. The third-order valence-electron chi connectivity index (χ3n) is 5.88. The van der Waals surface area contributed by atoms with Crippen molar-refractivity contribution in [3.8, 4) is 0 Å². The van der Waals surface area contributed by atoms with Gasteiger partial charge in [-0.05, 0) is 54.0 Å². The van der Waals surface area contributed by atoms with Gasteiger partial charge in [0.25, 0.3) is 0 Å². The van der Waals surface area contributed by atoms with E-state index in [2.05, 4.69) is 76.5 Å². The Bertz CT molecular complexity index is 946. The average Bonchev–Trinajstić information content (AvgIpc) is 3.21. The molecule has 1 aliphatic heterocycles. The van der Waals surface area contributed by atoms with Gasteiger partial charge in [-0.2, -0.15) is 5.10 Å². The number of anilines is 1. The summed E-state index contributed by atoms with van der Waals surface area (Å²) >= 11 is 0. The summed E-state index contributed by atoms with van der Waals surface area (Å²) < 4.78 is 0. The second-order valence-corrected chi connectivity index (χ2v) is 8.52. The first-order valence-corrected chi connectivity index (χ1v) is 10.5. The van der Waals surface area contributed by atoms with E-state index in [0.717, 1.165) is 17.7 Å². The van der Waals surface area contributed by atoms with Crippen LogP contribution in [-0.2, 0) is 4.79 Å². The number of hydrazone groups is 1. The molecule has 4 rings (SSSR count). The van der Waals surface area contributed by atoms with Gasteiger partial charge in [0.1, 0.15) is 0 Å². The minimum absolute atomic E-state index is 0.0385. The van der Waals surface area contributed by atoms with Crippen LogP contribution < -0.4 is 10.7 Å². The predicted octanol–water partition coefficient (Wildman–Crippen LogP) is 5.40. The summed E-state index contributed by atoms with van der Waals surface area (Å²) in [6, 6.07) is 17.5. The quantitative estimate of drug-likeness (QED) is 0.410. The highest BCUT2D eigenvalue weighted by atomic mass is 16.2. The molecular weight excluding hydrogens is 358 g/mol. The molecule has 0 fully saturated rings. The van der Waals surface area contributed by atoms with Gasteiger partial charge < -0.3 is 5.32 Å². The molecule has 2 aromatic rings. The highest BCUT2D eigenvalue weighted by Crippen LogP contribution is 2.49. The minimum Gasteiger partial charge on any atom is -0.378 e. The molecule has 2 aliphatic rings. The molecule has 0 radical (unpaired) electrons. The van der Waals surface area contributed by atoms with E-state index >= 15 is 0 Å². The number of amides is 1. The van der Waals surface area contributed by atoms with E-state index in [1.165, 1.54) is 16.8 Å². The molecule has 0 bridgehead atoms. The standard InChI is InChI=1S/C25H29N3O/c1-16(2)14-24(29)28-27-17(3)19-12-13-23-22(15-19)20-10-7-11-21(20)25(26-23)18-8-5-4-6-9-18/h4-10,12-13,15-16,20-21,25-26H,11,14H2,1-3H3,(H,28,29)/b27-17-/t20-,21+,25+/m1/s1. The van der Waals surface area contributed by atoms with Crippen molar-refractivity contribution in [1.29, 1.82) is 0 Å². The summed E-state index contributed by atoms with van der Waals surface area (Å²) in [7, 11) is 0. The third kappa shape index (κ3) is 4.12. The third-order valence-corrected chi connectivity index (χ3v) is 5.88. The maximum absolute atomic E-state index is 11.9. The van der Waals surface area contributed by atoms with Crippen molar-refractivity contribution in [3.05, 3.63) is 77.4 Å². The second kappa shape index (κ2) is 8.24. The fourth-order valence-corrected chi connectivity index (χ4v) is 4.44. The van der Waals surface area contributed by atoms with E-state index in [-0.39, 0.29) is 5.91 Å². The lowest BCUT2D eigenvalue weighted by atomic mass is 9.76. The lowest BCUT2D eigenvalue weighted by Gasteiger charge is -2.37. The van der Waals surface area contributed by atoms with Crippen LogP contribution >= 0.6 is 0 Å². The Balaban J connectivity index is 1.59. The van der Waals surface area contributed by atoms with Crippen molar-refractivity contribution in [2.45, 2.75) is 45.6 Å². The van der Waals surface area contributed by atoms with Crippen LogP contribution in [0.1, 0.15) is 62.3 Å². The van der Waals surface area contributed by atoms with Gasteiger partial charge in [-0.1, -0.05) is 62.4 Å². The summed E-state index contributed by atoms with van der Waals surface area (Å²) in [4.78, 5) is 11.9. The molecule has 0 unspecified atom stereocenters. The van der Waals surface area contributed by atoms with Crippen LogP contribution in [-0.4, -0.2) is 11.6 Å². The topological polar surface area (TPSA) is 53.5 Å². The molecule has 1 heterocycles. The normalized spacial score (nSPS) is 22.8. The Morgan fingerprint density at radius 2 is 2.00 bits per heavy atom. The van der Waals surface area contributed by atoms with E-state index < -0.39 is 0 Å². The van der Waals surface area contributed by atoms with Crippen LogP contribution in [0.3, 0.4) is 0 Å². The Labute approximate surface area is 173 Å². The average molecular weight is 388 g/mol. The van der Waals surface area contributed by atoms with Crippen molar-refractivity contribution in [2.24, 2.45) is 16.9 Å². The van der Waals surface area contributed by atoms with Crippen LogP contribution in [0.2, 0.25) is 0 Å². The lowest BCUT2D eigenvalue weighted by Crippen LogP contribution is -2.29. The summed E-state index contributed by atoms with van der Waals surface area (Å²) in [5.74, 6) is 1.20. The first kappa shape index (κ1) is 19.4. The lowest BCUT2D eigenvalue weighted by molar-refractivity contribution is -0.121. The van der Waals surface area contributed by atoms with Crippen molar-refractivity contribution < 1.29 is 4.79 Å². The van der Waals surface area contributed by atoms with E-state index in [4.69, 9.17) is 0 Å². The van der Waals surface area contributed by atoms with Gasteiger partial charge in [-0.15, -0.1) is 0 Å². The SMILES string of the molecule is C/C(=N/NC(=O)CC(C)C)c1ccc2c(c1)[C@@H]1C=CC[C@@H]1[C@H](c1ccccc1)N2. The Morgan fingerprint density at radius 3 is 2.76 bits per heavy atom. The van der Waals surface area contributed by atoms with Gasteiger partial charge >= 0.3 is 0 Å². The zero-order chi connectivity index (χ0) is 20.4. The molecule has 29 heavy (non-hydrogen) atoms. The van der Waals surface area contributed by atoms with Crippen LogP contribution in [0.15, 0.2) is 65.8 Å². The zero-order valence-corrected chi connectivity index (χ0v) is 17.4. The van der Waals surface area contributed by atoms with E-state index in [0.29, 0.717) is 30.2 Å². The van der Waals surface area contributed by atoms with Crippen molar-refractivity contribution in [3.63, 3.8) is 0 Å². The first-order chi connectivity index (χ1) is 14.0. The smallest absolute Gasteiger partial charge is 0.240 e. The highest BCUT2D eigenvalue weighted by molar-refractivity contribution is 6.00. The molecule has 2 aromatic carbocycles. The summed E-state index contributed by atoms with van der Waals surface area (Å²) in [5, 5.41) is 8.10. The summed E-state index contributed by atoms with van der Waals surface area (Å²) in [6.07, 6.45) is 6.22. The predicted molar refractivity (Wildman–Crippen MR) is 119 cm³/mol. The van der Waals surface area contributed by atoms with E-state index in [9.17, 15) is 4.79 Å². The van der Waals surface area contributed by atoms with E-state index in [1.807, 2.05) is 20.8 Å². The van der Waals surface area contributed by atoms with Gasteiger partial charge in [0.2, 0.25) is 5.91 Å². The minimum atomic E-state index is -0.0385. The number of carbonyl (C=O) groups excluding carboxylic acids is 1. The molecule has 0 saturated carbocycles. The maximum atomic E-state index is 11.9. The molecule has 4 heteroatoms. The van der Waals surface area contributed by atoms with Gasteiger partial charge in [0.15, 0.2) is 0 Å². The molecule has 0 saturated heterocycles. The first-order valence-electron chi connectivity index (χ1n) is 10.5. The Hall–Kier alpha value is -2.88. The molecular formula is C25H29N3O. The largest absolute Gasteiger partial charge is 0.378 e. The van der Waals surface area contributed by atoms with Crippen molar-refractivity contribution in [2.75, 3.05) is 5.32 Å². The Morgan fingerprint density at radius 1 is 1.21 bits per heavy atom. The van der Waals surface area contributed by atoms with E-state index in [1.54, 1.807) is 0 Å². The monoisotopic (exact) mass is 387 g/mol. The molecule has 4 nitrogen and oxygen atoms in total. The van der Waals surface area contributed by atoms with Gasteiger partial charge in [-0.25, -0.2) is 5.43 Å². The highest BCUT2D eigenvalue weighted by Gasteiger charge is 2.37. The van der Waals surface area contributed by atoms with Crippen molar-refractivity contribution >= 4 is 17.3 Å². The number of benzene rings is 2. The number of hydrogen-bond acceptors (Lipinski definition) is 3. The zero-order valence-electron chi connectivity index (χ0n) is 17.4. The fraction of sp³-hybridized carbons (Fsp3) is 0.360. The van der Waals surface area contributed by atoms with Crippen LogP contribution in [0.4, 0.5) is 5.69 Å². The maximum Gasteiger partial charge on any atom is 0.240 e. The number of fused-ring (bicyclic) bond motifs is 3. The number of rotatable bonds is 5. The fourth-order valence-electron chi connectivity index (χ4n) is 4.44. The molecule has 150 valence electrons. The number of nitrogens with one attached hydrogen (secondary N) is 2. The number of nitrogens with zero attached hydrogens (tertiary/aromatic N) is 1. The second-order valence-electron chi connectivity index (χ2n) is 8.52. The van der Waals surface area contributed by atoms with Gasteiger partial charge in [0, 0.05) is 18.0 Å². The van der Waals surface area contributed by atoms with Gasteiger partial charge in [-0.3, -0.25) is 4.79 Å². The molecule has 0 aromatic heterocycles. The molecule has 1 amide bonds. The molecule has 2 N–H and O–H groups in total.